The van der Waals surface area contributed by atoms with Gasteiger partial charge >= 0.3 is 0 Å². The Morgan fingerprint density at radius 2 is 1.78 bits per heavy atom. The van der Waals surface area contributed by atoms with Crippen molar-refractivity contribution < 1.29 is 13.9 Å². The lowest BCUT2D eigenvalue weighted by Gasteiger charge is -2.13. The van der Waals surface area contributed by atoms with Crippen molar-refractivity contribution >= 4 is 11.0 Å². The van der Waals surface area contributed by atoms with Crippen molar-refractivity contribution in [2.75, 3.05) is 20.6 Å². The number of rotatable bonds is 4. The van der Waals surface area contributed by atoms with E-state index in [1.54, 1.807) is 18.4 Å². The molecule has 0 amide bonds. The lowest BCUT2D eigenvalue weighted by Crippen LogP contribution is -2.24. The highest BCUT2D eigenvalue weighted by atomic mass is 19.1. The Balaban J connectivity index is 0.000000172. The fourth-order valence-electron chi connectivity index (χ4n) is 2.31. The minimum absolute atomic E-state index is 0.197. The quantitative estimate of drug-likeness (QED) is 0.781. The number of hydrogen-bond donors (Lipinski definition) is 1. The molecule has 1 atom stereocenters. The molecule has 0 radical (unpaired) electrons. The van der Waals surface area contributed by atoms with Gasteiger partial charge in [0.15, 0.2) is 11.3 Å². The molecular weight excluding hydrogens is 293 g/mol. The zero-order valence-electron chi connectivity index (χ0n) is 13.4. The summed E-state index contributed by atoms with van der Waals surface area (Å²) >= 11 is 0. The minimum atomic E-state index is -0.766. The number of fused-ring (bicyclic) bond motifs is 1. The van der Waals surface area contributed by atoms with Crippen molar-refractivity contribution in [3.63, 3.8) is 0 Å². The van der Waals surface area contributed by atoms with Crippen LogP contribution in [0.5, 0.6) is 5.75 Å². The van der Waals surface area contributed by atoms with Crippen molar-refractivity contribution in [2.24, 2.45) is 0 Å². The average Bonchev–Trinajstić information content (AvgIpc) is 2.98. The lowest BCUT2D eigenvalue weighted by molar-refractivity contribution is 0.246. The van der Waals surface area contributed by atoms with Crippen LogP contribution in [0.1, 0.15) is 5.56 Å². The van der Waals surface area contributed by atoms with Crippen molar-refractivity contribution in [1.29, 1.82) is 0 Å². The predicted octanol–water partition coefficient (Wildman–Crippen LogP) is 4.27. The number of furan rings is 1. The standard InChI is InChI=1S/C11H16FN.C8H6O2/c1-13(2)9-11(12)8-10-6-4-3-5-7-10;9-7-3-1-2-6-4-5-10-8(6)7/h3-7,11H,8-9H2,1-2H3;1-5,9H. The van der Waals surface area contributed by atoms with E-state index in [4.69, 9.17) is 9.52 Å². The maximum Gasteiger partial charge on any atom is 0.175 e. The molecule has 0 aliphatic rings. The Labute approximate surface area is 136 Å². The van der Waals surface area contributed by atoms with E-state index in [2.05, 4.69) is 0 Å². The van der Waals surface area contributed by atoms with Crippen LogP contribution in [0.25, 0.3) is 11.0 Å². The summed E-state index contributed by atoms with van der Waals surface area (Å²) in [6.45, 7) is 0.495. The first-order valence-corrected chi connectivity index (χ1v) is 7.54. The van der Waals surface area contributed by atoms with E-state index < -0.39 is 6.17 Å². The number of halogens is 1. The van der Waals surface area contributed by atoms with Crippen LogP contribution in [0.15, 0.2) is 65.3 Å². The second-order valence-electron chi connectivity index (χ2n) is 5.67. The smallest absolute Gasteiger partial charge is 0.175 e. The molecule has 0 aliphatic carbocycles. The Morgan fingerprint density at radius 3 is 2.43 bits per heavy atom. The minimum Gasteiger partial charge on any atom is -0.504 e. The van der Waals surface area contributed by atoms with Gasteiger partial charge in [0.1, 0.15) is 6.17 Å². The third-order valence-corrected chi connectivity index (χ3v) is 3.32. The van der Waals surface area contributed by atoms with Gasteiger partial charge in [-0.3, -0.25) is 0 Å². The highest BCUT2D eigenvalue weighted by molar-refractivity contribution is 5.82. The topological polar surface area (TPSA) is 36.6 Å². The molecule has 1 N–H and O–H groups in total. The molecule has 0 aliphatic heterocycles. The van der Waals surface area contributed by atoms with E-state index in [0.29, 0.717) is 18.5 Å². The van der Waals surface area contributed by atoms with Gasteiger partial charge in [-0.15, -0.1) is 0 Å². The number of benzene rings is 2. The molecule has 2 aromatic carbocycles. The van der Waals surface area contributed by atoms with E-state index >= 15 is 0 Å². The maximum atomic E-state index is 13.3. The summed E-state index contributed by atoms with van der Waals surface area (Å²) in [7, 11) is 3.77. The fraction of sp³-hybridized carbons (Fsp3) is 0.263. The molecule has 3 rings (SSSR count). The van der Waals surface area contributed by atoms with Gasteiger partial charge in [-0.25, -0.2) is 4.39 Å². The molecule has 0 spiro atoms. The first-order valence-electron chi connectivity index (χ1n) is 7.54. The zero-order chi connectivity index (χ0) is 16.7. The molecule has 0 bridgehead atoms. The predicted molar refractivity (Wildman–Crippen MR) is 91.5 cm³/mol. The maximum absolute atomic E-state index is 13.3. The Morgan fingerprint density at radius 1 is 1.04 bits per heavy atom. The third kappa shape index (κ3) is 5.42. The number of phenolic OH excluding ortho intramolecular Hbond substituents is 1. The Bertz CT molecular complexity index is 709. The largest absolute Gasteiger partial charge is 0.504 e. The van der Waals surface area contributed by atoms with Crippen molar-refractivity contribution in [1.82, 2.24) is 4.90 Å². The number of para-hydroxylation sites is 1. The summed E-state index contributed by atoms with van der Waals surface area (Å²) in [4.78, 5) is 1.87. The number of phenols is 1. The van der Waals surface area contributed by atoms with Crippen molar-refractivity contribution in [3.8, 4) is 5.75 Å². The first kappa shape index (κ1) is 17.0. The Kier molecular flexibility index (Phi) is 6.18. The highest BCUT2D eigenvalue weighted by Gasteiger charge is 2.07. The van der Waals surface area contributed by atoms with E-state index in [1.807, 2.05) is 61.5 Å². The van der Waals surface area contributed by atoms with Crippen LogP contribution in [-0.4, -0.2) is 36.8 Å². The third-order valence-electron chi connectivity index (χ3n) is 3.32. The highest BCUT2D eigenvalue weighted by Crippen LogP contribution is 2.24. The molecule has 4 heteroatoms. The average molecular weight is 315 g/mol. The summed E-state index contributed by atoms with van der Waals surface area (Å²) in [6.07, 6.45) is 1.31. The number of hydrogen-bond acceptors (Lipinski definition) is 3. The second kappa shape index (κ2) is 8.34. The van der Waals surface area contributed by atoms with Gasteiger partial charge in [-0.05, 0) is 31.8 Å². The van der Waals surface area contributed by atoms with Crippen LogP contribution >= 0.6 is 0 Å². The molecule has 3 nitrogen and oxygen atoms in total. The summed E-state index contributed by atoms with van der Waals surface area (Å²) in [5, 5.41) is 10.1. The molecule has 1 heterocycles. The molecule has 0 fully saturated rings. The molecule has 0 saturated carbocycles. The zero-order valence-corrected chi connectivity index (χ0v) is 13.4. The van der Waals surface area contributed by atoms with Crippen LogP contribution in [0.4, 0.5) is 4.39 Å². The van der Waals surface area contributed by atoms with Gasteiger partial charge in [0.25, 0.3) is 0 Å². The normalized spacial score (nSPS) is 12.0. The second-order valence-corrected chi connectivity index (χ2v) is 5.67. The van der Waals surface area contributed by atoms with Crippen molar-refractivity contribution in [2.45, 2.75) is 12.6 Å². The summed E-state index contributed by atoms with van der Waals surface area (Å²) in [5.41, 5.74) is 1.62. The van der Waals surface area contributed by atoms with E-state index in [-0.39, 0.29) is 5.75 Å². The first-order chi connectivity index (χ1) is 11.1. The van der Waals surface area contributed by atoms with Gasteiger partial charge in [-0.2, -0.15) is 0 Å². The lowest BCUT2D eigenvalue weighted by atomic mass is 10.1. The monoisotopic (exact) mass is 315 g/mol. The van der Waals surface area contributed by atoms with Crippen molar-refractivity contribution in [3.05, 3.63) is 66.4 Å². The number of nitrogens with zero attached hydrogens (tertiary/aromatic N) is 1. The molecular formula is C19H22FNO2. The van der Waals surface area contributed by atoms with Crippen LogP contribution in [0.2, 0.25) is 0 Å². The summed E-state index contributed by atoms with van der Waals surface area (Å²) < 4.78 is 18.3. The van der Waals surface area contributed by atoms with E-state index in [9.17, 15) is 4.39 Å². The molecule has 0 saturated heterocycles. The number of alkyl halides is 1. The van der Waals surface area contributed by atoms with E-state index in [0.717, 1.165) is 10.9 Å². The van der Waals surface area contributed by atoms with Gasteiger partial charge in [0.2, 0.25) is 0 Å². The van der Waals surface area contributed by atoms with E-state index in [1.165, 1.54) is 0 Å². The Hall–Kier alpha value is -2.33. The fourth-order valence-corrected chi connectivity index (χ4v) is 2.31. The number of aromatic hydroxyl groups is 1. The molecule has 122 valence electrons. The van der Waals surface area contributed by atoms with Crippen LogP contribution in [-0.2, 0) is 6.42 Å². The van der Waals surface area contributed by atoms with Crippen LogP contribution < -0.4 is 0 Å². The van der Waals surface area contributed by atoms with Crippen LogP contribution in [0.3, 0.4) is 0 Å². The molecule has 3 aromatic rings. The molecule has 1 unspecified atom stereocenters. The van der Waals surface area contributed by atoms with Gasteiger partial charge in [-0.1, -0.05) is 42.5 Å². The summed E-state index contributed by atoms with van der Waals surface area (Å²) in [6, 6.07) is 16.8. The van der Waals surface area contributed by atoms with Gasteiger partial charge in [0.05, 0.1) is 6.26 Å². The molecule has 23 heavy (non-hydrogen) atoms. The van der Waals surface area contributed by atoms with Crippen LogP contribution in [0, 0.1) is 0 Å². The summed E-state index contributed by atoms with van der Waals surface area (Å²) in [5.74, 6) is 0.197. The van der Waals surface area contributed by atoms with Gasteiger partial charge in [0, 0.05) is 18.4 Å². The van der Waals surface area contributed by atoms with Gasteiger partial charge < -0.3 is 14.4 Å². The molecule has 1 aromatic heterocycles. The SMILES string of the molecule is CN(C)CC(F)Cc1ccccc1.Oc1cccc2ccoc12.